The molecule has 2 rings (SSSR count). The van der Waals surface area contributed by atoms with Crippen LogP contribution in [0.4, 0.5) is 4.79 Å². The first-order valence-electron chi connectivity index (χ1n) is 15.6. The number of unbranched alkanes of at least 4 members (excludes halogenated alkanes) is 2. The van der Waals surface area contributed by atoms with Gasteiger partial charge in [0.25, 0.3) is 0 Å². The minimum absolute atomic E-state index is 0.0332. The summed E-state index contributed by atoms with van der Waals surface area (Å²) in [6.45, 7) is 0.495. The van der Waals surface area contributed by atoms with Gasteiger partial charge in [0.15, 0.2) is 0 Å². The van der Waals surface area contributed by atoms with Gasteiger partial charge in [0.2, 0.25) is 5.91 Å². The Morgan fingerprint density at radius 3 is 2.17 bits per heavy atom. The van der Waals surface area contributed by atoms with E-state index in [9.17, 15) is 24.3 Å². The van der Waals surface area contributed by atoms with Gasteiger partial charge in [-0.25, -0.2) is 9.59 Å². The molecule has 3 unspecified atom stereocenters. The van der Waals surface area contributed by atoms with Crippen LogP contribution in [0.2, 0.25) is 0 Å². The third-order valence-electron chi connectivity index (χ3n) is 7.28. The van der Waals surface area contributed by atoms with Crippen LogP contribution < -0.4 is 10.6 Å². The smallest absolute Gasteiger partial charge is 0.407 e. The first-order valence-corrected chi connectivity index (χ1v) is 15.6. The van der Waals surface area contributed by atoms with Gasteiger partial charge in [-0.3, -0.25) is 45.4 Å². The van der Waals surface area contributed by atoms with Crippen molar-refractivity contribution in [3.63, 3.8) is 0 Å². The normalized spacial score (nSPS) is 15.9. The van der Waals surface area contributed by atoms with Gasteiger partial charge < -0.3 is 24.8 Å². The van der Waals surface area contributed by atoms with Crippen LogP contribution in [-0.4, -0.2) is 123 Å². The number of benzene rings is 1. The monoisotopic (exact) mass is 673 g/mol. The van der Waals surface area contributed by atoms with Gasteiger partial charge in [0.1, 0.15) is 12.1 Å². The summed E-state index contributed by atoms with van der Waals surface area (Å²) in [7, 11) is 0. The molecule has 7 N–H and O–H groups in total. The molecule has 0 spiro atoms. The van der Waals surface area contributed by atoms with Crippen LogP contribution in [-0.2, 0) is 40.0 Å². The highest BCUT2D eigenvalue weighted by Gasteiger charge is 2.39. The van der Waals surface area contributed by atoms with Crippen LogP contribution in [0.25, 0.3) is 0 Å². The van der Waals surface area contributed by atoms with Crippen molar-refractivity contribution in [3.05, 3.63) is 35.9 Å². The van der Waals surface area contributed by atoms with Crippen LogP contribution in [0, 0.1) is 0 Å². The van der Waals surface area contributed by atoms with Gasteiger partial charge >= 0.3 is 18.0 Å². The number of aliphatic carboxylic acids is 1. The van der Waals surface area contributed by atoms with Gasteiger partial charge in [0.05, 0.1) is 43.2 Å². The van der Waals surface area contributed by atoms with Crippen LogP contribution in [0.3, 0.4) is 0 Å². The van der Waals surface area contributed by atoms with Crippen LogP contribution >= 0.6 is 0 Å². The number of rotatable bonds is 24. The lowest BCUT2D eigenvalue weighted by Gasteiger charge is -2.30. The van der Waals surface area contributed by atoms with Crippen molar-refractivity contribution in [2.45, 2.75) is 82.3 Å². The van der Waals surface area contributed by atoms with E-state index in [0.29, 0.717) is 51.5 Å². The second kappa shape index (κ2) is 23.0. The maximum atomic E-state index is 13.8. The zero-order chi connectivity index (χ0) is 34.4. The highest BCUT2D eigenvalue weighted by Crippen LogP contribution is 2.21. The number of hydrogen-bond acceptors (Lipinski definition) is 15. The number of carboxylic acids is 1. The van der Waals surface area contributed by atoms with Gasteiger partial charge in [0, 0.05) is 19.5 Å². The first-order chi connectivity index (χ1) is 22.6. The molecule has 1 aromatic rings. The van der Waals surface area contributed by atoms with E-state index in [1.165, 1.54) is 4.90 Å². The number of carboxylic acid groups (broad SMARTS) is 1. The quantitative estimate of drug-likeness (QED) is 0.0469. The molecule has 0 saturated carbocycles. The maximum Gasteiger partial charge on any atom is 0.407 e. The van der Waals surface area contributed by atoms with E-state index >= 15 is 0 Å². The molecule has 1 heterocycles. The average Bonchev–Trinajstić information content (AvgIpc) is 3.53. The first kappa shape index (κ1) is 39.7. The molecule has 0 radical (unpaired) electrons. The minimum Gasteiger partial charge on any atom is -0.480 e. The van der Waals surface area contributed by atoms with Crippen LogP contribution in [0.15, 0.2) is 30.3 Å². The summed E-state index contributed by atoms with van der Waals surface area (Å²) in [4.78, 5) is 61.0. The van der Waals surface area contributed by atoms with Gasteiger partial charge in [-0.2, -0.15) is 0 Å². The lowest BCUT2D eigenvalue weighted by molar-refractivity contribution is -0.492. The molecule has 1 saturated heterocycles. The molecule has 1 fully saturated rings. The predicted octanol–water partition coefficient (Wildman–Crippen LogP) is 1.66. The molecule has 3 atom stereocenters. The number of alkyl carbamates (subject to hydrolysis) is 1. The number of carbonyl (C=O) groups is 4. The SMILES string of the molecule is O=C(NCCCCC(NC(CCc1ccccc1)C(=O)O)C(=O)N1CCCC1C(=O)OCCCON(O)O)OCCCCON(O)O. The number of carbonyl (C=O) groups excluding carboxylic acids is 3. The van der Waals surface area contributed by atoms with E-state index < -0.39 is 52.8 Å². The zero-order valence-corrected chi connectivity index (χ0v) is 26.3. The molecule has 0 aliphatic carbocycles. The van der Waals surface area contributed by atoms with Crippen LogP contribution in [0.1, 0.15) is 63.4 Å². The summed E-state index contributed by atoms with van der Waals surface area (Å²) < 4.78 is 10.3. The average molecular weight is 674 g/mol. The van der Waals surface area contributed by atoms with Crippen molar-refractivity contribution >= 4 is 23.9 Å². The highest BCUT2D eigenvalue weighted by atomic mass is 17.1. The third-order valence-corrected chi connectivity index (χ3v) is 7.28. The number of hydrogen-bond donors (Lipinski definition) is 7. The standard InChI is InChI=1S/C29H47N5O13/c35-26(32-17-8-13-25(32)28(38)44-19-9-21-47-34(42)43)23(31-24(27(36)37)15-14-22-10-2-1-3-11-22)12-4-5-16-30-29(39)45-18-6-7-20-46-33(40)41/h1-3,10-11,23-25,31,40-43H,4-9,12-21H2,(H,30,39)(H,36,37). The Kier molecular flexibility index (Phi) is 19.4. The number of likely N-dealkylation sites (tertiary alicyclic amines) is 1. The van der Waals surface area contributed by atoms with Gasteiger partial charge in [-0.1, -0.05) is 30.3 Å². The van der Waals surface area contributed by atoms with Crippen LogP contribution in [0.5, 0.6) is 0 Å². The van der Waals surface area contributed by atoms with Crippen molar-refractivity contribution in [2.24, 2.45) is 0 Å². The van der Waals surface area contributed by atoms with E-state index in [1.54, 1.807) is 0 Å². The fraction of sp³-hybridized carbons (Fsp3) is 0.655. The molecule has 266 valence electrons. The summed E-state index contributed by atoms with van der Waals surface area (Å²) in [6, 6.07) is 6.58. The summed E-state index contributed by atoms with van der Waals surface area (Å²) in [5, 5.41) is 48.9. The molecule has 18 nitrogen and oxygen atoms in total. The highest BCUT2D eigenvalue weighted by molar-refractivity contribution is 5.88. The Morgan fingerprint density at radius 2 is 1.49 bits per heavy atom. The summed E-state index contributed by atoms with van der Waals surface area (Å²) in [5.41, 5.74) is 0.954. The molecule has 1 aliphatic rings. The fourth-order valence-corrected chi connectivity index (χ4v) is 4.93. The maximum absolute atomic E-state index is 13.8. The largest absolute Gasteiger partial charge is 0.480 e. The lowest BCUT2D eigenvalue weighted by atomic mass is 10.0. The summed E-state index contributed by atoms with van der Waals surface area (Å²) >= 11 is 0. The predicted molar refractivity (Wildman–Crippen MR) is 159 cm³/mol. The molecule has 1 aromatic carbocycles. The molecule has 47 heavy (non-hydrogen) atoms. The topological polar surface area (TPSA) is 240 Å². The second-order valence-electron chi connectivity index (χ2n) is 10.8. The zero-order valence-electron chi connectivity index (χ0n) is 26.3. The number of amides is 2. The number of esters is 1. The van der Waals surface area contributed by atoms with Gasteiger partial charge in [-0.05, 0) is 63.4 Å². The summed E-state index contributed by atoms with van der Waals surface area (Å²) in [5.74, 6) is -2.14. The van der Waals surface area contributed by atoms with E-state index in [1.807, 2.05) is 30.3 Å². The van der Waals surface area contributed by atoms with E-state index in [2.05, 4.69) is 20.3 Å². The minimum atomic E-state index is -1.11. The molecular formula is C29H47N5O13. The number of aryl methyl sites for hydroxylation is 1. The van der Waals surface area contributed by atoms with Crippen molar-refractivity contribution in [1.82, 2.24) is 26.3 Å². The van der Waals surface area contributed by atoms with Crippen molar-refractivity contribution < 1.29 is 64.3 Å². The van der Waals surface area contributed by atoms with E-state index in [-0.39, 0.29) is 52.2 Å². The molecule has 0 aromatic heterocycles. The Bertz CT molecular complexity index is 1070. The summed E-state index contributed by atoms with van der Waals surface area (Å²) in [6.07, 6.45) is 3.20. The van der Waals surface area contributed by atoms with E-state index in [0.717, 1.165) is 5.56 Å². The Hall–Kier alpha value is -3.46. The lowest BCUT2D eigenvalue weighted by Crippen LogP contribution is -2.54. The Morgan fingerprint density at radius 1 is 0.830 bits per heavy atom. The Balaban J connectivity index is 1.94. The molecule has 2 amide bonds. The van der Waals surface area contributed by atoms with Crippen molar-refractivity contribution in [1.29, 1.82) is 0 Å². The molecule has 18 heteroatoms. The van der Waals surface area contributed by atoms with E-state index in [4.69, 9.17) is 30.3 Å². The second-order valence-corrected chi connectivity index (χ2v) is 10.8. The molecular weight excluding hydrogens is 626 g/mol. The third kappa shape index (κ3) is 16.8. The van der Waals surface area contributed by atoms with Crippen molar-refractivity contribution in [3.8, 4) is 0 Å². The fourth-order valence-electron chi connectivity index (χ4n) is 4.93. The number of nitrogens with zero attached hydrogens (tertiary/aromatic N) is 3. The number of ether oxygens (including phenoxy) is 2. The van der Waals surface area contributed by atoms with Crippen molar-refractivity contribution in [2.75, 3.05) is 39.5 Å². The number of nitrogens with one attached hydrogen (secondary N) is 2. The molecule has 1 aliphatic heterocycles. The van der Waals surface area contributed by atoms with Gasteiger partial charge in [-0.15, -0.1) is 0 Å². The Labute approximate surface area is 272 Å². The molecule has 0 bridgehead atoms.